The monoisotopic (exact) mass is 186 g/mol. The van der Waals surface area contributed by atoms with Crippen molar-refractivity contribution in [3.05, 3.63) is 0 Å². The number of rotatable bonds is 6. The molecule has 2 N–H and O–H groups in total. The minimum absolute atomic E-state index is 0.314. The van der Waals surface area contributed by atoms with Gasteiger partial charge in [-0.3, -0.25) is 4.90 Å². The Kier molecular flexibility index (Phi) is 5.57. The Labute approximate surface area is 83.5 Å². The van der Waals surface area contributed by atoms with Gasteiger partial charge in [0.15, 0.2) is 0 Å². The number of nitrogens with two attached hydrogens (primary N) is 1. The lowest BCUT2D eigenvalue weighted by molar-refractivity contribution is 0.100. The maximum atomic E-state index is 5.50. The molecule has 0 aliphatic heterocycles. The zero-order chi connectivity index (χ0) is 10.5. The second kappa shape index (κ2) is 5.61. The van der Waals surface area contributed by atoms with Crippen LogP contribution in [0.2, 0.25) is 0 Å². The molecule has 2 heteroatoms. The molecule has 0 aliphatic rings. The fourth-order valence-electron chi connectivity index (χ4n) is 1.45. The summed E-state index contributed by atoms with van der Waals surface area (Å²) in [5, 5.41) is 0. The first-order valence-electron chi connectivity index (χ1n) is 5.38. The van der Waals surface area contributed by atoms with Crippen molar-refractivity contribution < 1.29 is 0 Å². The zero-order valence-corrected chi connectivity index (χ0v) is 9.93. The molecule has 80 valence electrons. The van der Waals surface area contributed by atoms with Gasteiger partial charge >= 0.3 is 0 Å². The highest BCUT2D eigenvalue weighted by Gasteiger charge is 2.24. The topological polar surface area (TPSA) is 29.3 Å². The average molecular weight is 186 g/mol. The van der Waals surface area contributed by atoms with E-state index in [0.29, 0.717) is 11.6 Å². The van der Waals surface area contributed by atoms with Crippen LogP contribution in [0.5, 0.6) is 0 Å². The maximum Gasteiger partial charge on any atom is 0.0150 e. The molecule has 0 aromatic carbocycles. The van der Waals surface area contributed by atoms with Crippen molar-refractivity contribution >= 4 is 0 Å². The van der Waals surface area contributed by atoms with Crippen molar-refractivity contribution in [2.24, 2.45) is 5.73 Å². The van der Waals surface area contributed by atoms with Gasteiger partial charge in [-0.1, -0.05) is 6.92 Å². The van der Waals surface area contributed by atoms with Gasteiger partial charge in [0.05, 0.1) is 0 Å². The van der Waals surface area contributed by atoms with Gasteiger partial charge in [0, 0.05) is 11.6 Å². The molecule has 0 aliphatic carbocycles. The largest absolute Gasteiger partial charge is 0.330 e. The Morgan fingerprint density at radius 1 is 1.38 bits per heavy atom. The summed E-state index contributed by atoms with van der Waals surface area (Å²) in [6.07, 6.45) is 3.53. The van der Waals surface area contributed by atoms with Gasteiger partial charge in [-0.25, -0.2) is 0 Å². The molecule has 0 amide bonds. The molecule has 0 rings (SSSR count). The van der Waals surface area contributed by atoms with Crippen LogP contribution in [-0.2, 0) is 0 Å². The molecule has 1 unspecified atom stereocenters. The summed E-state index contributed by atoms with van der Waals surface area (Å²) in [4.78, 5) is 2.46. The number of hydrogen-bond acceptors (Lipinski definition) is 2. The van der Waals surface area contributed by atoms with Crippen LogP contribution in [0.4, 0.5) is 0 Å². The van der Waals surface area contributed by atoms with E-state index >= 15 is 0 Å². The summed E-state index contributed by atoms with van der Waals surface area (Å²) in [5.41, 5.74) is 5.81. The van der Waals surface area contributed by atoms with Crippen molar-refractivity contribution in [2.75, 3.05) is 13.6 Å². The zero-order valence-electron chi connectivity index (χ0n) is 9.93. The summed E-state index contributed by atoms with van der Waals surface area (Å²) in [6, 6.07) is 0.638. The predicted octanol–water partition coefficient (Wildman–Crippen LogP) is 2.23. The third kappa shape index (κ3) is 4.10. The minimum atomic E-state index is 0.314. The van der Waals surface area contributed by atoms with Gasteiger partial charge in [0.25, 0.3) is 0 Å². The van der Waals surface area contributed by atoms with E-state index < -0.39 is 0 Å². The molecule has 13 heavy (non-hydrogen) atoms. The minimum Gasteiger partial charge on any atom is -0.330 e. The SMILES string of the molecule is CCC(C)(C)N(C)C(C)CCCN. The lowest BCUT2D eigenvalue weighted by Crippen LogP contribution is -2.45. The van der Waals surface area contributed by atoms with Crippen LogP contribution in [0.3, 0.4) is 0 Å². The van der Waals surface area contributed by atoms with Crippen LogP contribution in [0.25, 0.3) is 0 Å². The van der Waals surface area contributed by atoms with Gasteiger partial charge < -0.3 is 5.73 Å². The summed E-state index contributed by atoms with van der Waals surface area (Å²) in [7, 11) is 2.21. The molecule has 0 saturated carbocycles. The first kappa shape index (κ1) is 12.9. The van der Waals surface area contributed by atoms with Gasteiger partial charge in [-0.05, 0) is 53.6 Å². The highest BCUT2D eigenvalue weighted by molar-refractivity contribution is 4.81. The number of hydrogen-bond donors (Lipinski definition) is 1. The van der Waals surface area contributed by atoms with Crippen LogP contribution in [0.1, 0.15) is 47.0 Å². The van der Waals surface area contributed by atoms with E-state index in [0.717, 1.165) is 13.0 Å². The lowest BCUT2D eigenvalue weighted by Gasteiger charge is -2.39. The average Bonchev–Trinajstić information content (AvgIpc) is 2.12. The van der Waals surface area contributed by atoms with E-state index in [-0.39, 0.29) is 0 Å². The lowest BCUT2D eigenvalue weighted by atomic mass is 9.97. The smallest absolute Gasteiger partial charge is 0.0150 e. The summed E-state index contributed by atoms with van der Waals surface area (Å²) in [5.74, 6) is 0. The van der Waals surface area contributed by atoms with E-state index in [4.69, 9.17) is 5.73 Å². The first-order chi connectivity index (χ1) is 5.95. The van der Waals surface area contributed by atoms with Gasteiger partial charge in [-0.15, -0.1) is 0 Å². The summed E-state index contributed by atoms with van der Waals surface area (Å²) in [6.45, 7) is 9.93. The fourth-order valence-corrected chi connectivity index (χ4v) is 1.45. The normalized spacial score (nSPS) is 15.0. The second-order valence-electron chi connectivity index (χ2n) is 4.56. The van der Waals surface area contributed by atoms with E-state index in [2.05, 4.69) is 39.6 Å². The summed E-state index contributed by atoms with van der Waals surface area (Å²) >= 11 is 0. The fraction of sp³-hybridized carbons (Fsp3) is 1.00. The molecule has 1 atom stereocenters. The molecular weight excluding hydrogens is 160 g/mol. The Balaban J connectivity index is 4.00. The van der Waals surface area contributed by atoms with E-state index in [1.165, 1.54) is 12.8 Å². The first-order valence-corrected chi connectivity index (χ1v) is 5.38. The summed E-state index contributed by atoms with van der Waals surface area (Å²) < 4.78 is 0. The van der Waals surface area contributed by atoms with E-state index in [1.807, 2.05) is 0 Å². The molecule has 0 bridgehead atoms. The molecule has 0 fully saturated rings. The third-order valence-corrected chi connectivity index (χ3v) is 3.31. The van der Waals surface area contributed by atoms with Crippen molar-refractivity contribution in [1.29, 1.82) is 0 Å². The van der Waals surface area contributed by atoms with E-state index in [9.17, 15) is 0 Å². The molecule has 0 aromatic heterocycles. The Hall–Kier alpha value is -0.0800. The molecule has 0 heterocycles. The molecule has 2 nitrogen and oxygen atoms in total. The van der Waals surface area contributed by atoms with Crippen molar-refractivity contribution in [2.45, 2.75) is 58.5 Å². The maximum absolute atomic E-state index is 5.50. The molecule has 0 aromatic rings. The van der Waals surface area contributed by atoms with E-state index in [1.54, 1.807) is 0 Å². The Bertz CT molecular complexity index is 132. The molecular formula is C11H26N2. The van der Waals surface area contributed by atoms with Crippen LogP contribution in [0, 0.1) is 0 Å². The van der Waals surface area contributed by atoms with Crippen molar-refractivity contribution in [1.82, 2.24) is 4.90 Å². The molecule has 0 spiro atoms. The second-order valence-corrected chi connectivity index (χ2v) is 4.56. The predicted molar refractivity (Wildman–Crippen MR) is 59.9 cm³/mol. The van der Waals surface area contributed by atoms with Crippen LogP contribution in [-0.4, -0.2) is 30.1 Å². The standard InChI is InChI=1S/C11H26N2/c1-6-11(3,4)13(5)10(2)8-7-9-12/h10H,6-9,12H2,1-5H3. The van der Waals surface area contributed by atoms with Gasteiger partial charge in [0.2, 0.25) is 0 Å². The van der Waals surface area contributed by atoms with Crippen molar-refractivity contribution in [3.63, 3.8) is 0 Å². The van der Waals surface area contributed by atoms with Crippen LogP contribution >= 0.6 is 0 Å². The molecule has 0 saturated heterocycles. The third-order valence-electron chi connectivity index (χ3n) is 3.31. The quantitative estimate of drug-likeness (QED) is 0.689. The highest BCUT2D eigenvalue weighted by Crippen LogP contribution is 2.20. The van der Waals surface area contributed by atoms with Crippen LogP contribution < -0.4 is 5.73 Å². The van der Waals surface area contributed by atoms with Crippen LogP contribution in [0.15, 0.2) is 0 Å². The van der Waals surface area contributed by atoms with Gasteiger partial charge in [0.1, 0.15) is 0 Å². The van der Waals surface area contributed by atoms with Crippen molar-refractivity contribution in [3.8, 4) is 0 Å². The molecule has 0 radical (unpaired) electrons. The van der Waals surface area contributed by atoms with Gasteiger partial charge in [-0.2, -0.15) is 0 Å². The Morgan fingerprint density at radius 3 is 2.31 bits per heavy atom. The Morgan fingerprint density at radius 2 is 1.92 bits per heavy atom. The number of nitrogens with zero attached hydrogens (tertiary/aromatic N) is 1. The highest BCUT2D eigenvalue weighted by atomic mass is 15.2.